The Morgan fingerprint density at radius 3 is 2.10 bits per heavy atom. The van der Waals surface area contributed by atoms with Crippen molar-refractivity contribution in [3.63, 3.8) is 0 Å². The number of benzene rings is 3. The first kappa shape index (κ1) is 45.7. The van der Waals surface area contributed by atoms with Gasteiger partial charge in [0.2, 0.25) is 5.69 Å². The number of rotatable bonds is 19. The third-order valence-electron chi connectivity index (χ3n) is 12.1. The number of hydrogen-bond acceptors (Lipinski definition) is 7. The Bertz CT molecular complexity index is 2490. The van der Waals surface area contributed by atoms with Crippen LogP contribution >= 0.6 is 0 Å². The highest BCUT2D eigenvalue weighted by atomic mass is 32.2. The van der Waals surface area contributed by atoms with Crippen molar-refractivity contribution in [3.8, 4) is 0 Å². The highest BCUT2D eigenvalue weighted by Gasteiger charge is 2.44. The molecular formula is C48H59N2O9S2+. The predicted molar refractivity (Wildman–Crippen MR) is 241 cm³/mol. The molecule has 11 nitrogen and oxygen atoms in total. The summed E-state index contributed by atoms with van der Waals surface area (Å²) in [6.07, 6.45) is 13.5. The normalized spacial score (nSPS) is 18.7. The Labute approximate surface area is 361 Å². The summed E-state index contributed by atoms with van der Waals surface area (Å²) in [5.41, 5.74) is 10.0. The maximum atomic E-state index is 11.5. The number of carboxylic acid groups (broad SMARTS) is 1. The van der Waals surface area contributed by atoms with E-state index in [9.17, 15) is 30.7 Å². The van der Waals surface area contributed by atoms with E-state index >= 15 is 0 Å². The van der Waals surface area contributed by atoms with Crippen molar-refractivity contribution in [1.82, 2.24) is 0 Å². The minimum atomic E-state index is -4.05. The Balaban J connectivity index is 1.38. The van der Waals surface area contributed by atoms with E-state index in [1.54, 1.807) is 0 Å². The third kappa shape index (κ3) is 11.4. The lowest BCUT2D eigenvalue weighted by Crippen LogP contribution is -2.28. The molecule has 3 aromatic rings. The molecule has 0 spiro atoms. The van der Waals surface area contributed by atoms with E-state index in [1.165, 1.54) is 11.1 Å². The van der Waals surface area contributed by atoms with Gasteiger partial charge in [0.05, 0.1) is 16.9 Å². The Morgan fingerprint density at radius 1 is 0.770 bits per heavy atom. The number of allylic oxidation sites excluding steroid dienone is 7. The number of aryl methyl sites for hydroxylation is 1. The summed E-state index contributed by atoms with van der Waals surface area (Å²) in [5, 5.41) is 9.16. The van der Waals surface area contributed by atoms with Crippen molar-refractivity contribution in [3.05, 3.63) is 142 Å². The molecule has 0 aromatic heterocycles. The van der Waals surface area contributed by atoms with Gasteiger partial charge in [0.15, 0.2) is 5.71 Å². The number of ether oxygens (including phenoxy) is 1. The molecule has 0 saturated carbocycles. The fraction of sp³-hybridized carbons (Fsp3) is 0.417. The van der Waals surface area contributed by atoms with E-state index in [2.05, 4.69) is 85.7 Å². The molecule has 326 valence electrons. The van der Waals surface area contributed by atoms with Gasteiger partial charge in [-0.05, 0) is 105 Å². The molecule has 13 heteroatoms. The average molecular weight is 872 g/mol. The van der Waals surface area contributed by atoms with E-state index in [0.29, 0.717) is 51.8 Å². The quantitative estimate of drug-likeness (QED) is 0.0602. The first-order valence-corrected chi connectivity index (χ1v) is 24.3. The number of carbonyl (C=O) groups is 1. The number of para-hydroxylation sites is 2. The van der Waals surface area contributed by atoms with Gasteiger partial charge in [-0.1, -0.05) is 80.6 Å². The predicted octanol–water partition coefficient (Wildman–Crippen LogP) is 9.24. The van der Waals surface area contributed by atoms with Crippen LogP contribution in [0.2, 0.25) is 0 Å². The van der Waals surface area contributed by atoms with Gasteiger partial charge in [-0.3, -0.25) is 13.9 Å². The summed E-state index contributed by atoms with van der Waals surface area (Å²) in [7, 11) is -8.10. The molecule has 0 amide bonds. The van der Waals surface area contributed by atoms with Crippen LogP contribution in [0.25, 0.3) is 0 Å². The molecule has 61 heavy (non-hydrogen) atoms. The van der Waals surface area contributed by atoms with Crippen LogP contribution < -0.4 is 4.90 Å². The van der Waals surface area contributed by atoms with Gasteiger partial charge in [-0.15, -0.1) is 0 Å². The van der Waals surface area contributed by atoms with Crippen LogP contribution in [-0.2, 0) is 53.6 Å². The summed E-state index contributed by atoms with van der Waals surface area (Å²) >= 11 is 0. The summed E-state index contributed by atoms with van der Waals surface area (Å²) in [5.74, 6) is -0.595. The van der Waals surface area contributed by atoms with Crippen molar-refractivity contribution >= 4 is 43.3 Å². The molecule has 2 heterocycles. The molecule has 0 radical (unpaired) electrons. The van der Waals surface area contributed by atoms with Crippen molar-refractivity contribution < 1.29 is 45.2 Å². The number of anilines is 1. The summed E-state index contributed by atoms with van der Waals surface area (Å²) in [4.78, 5) is 13.4. The Hall–Kier alpha value is -4.82. The monoisotopic (exact) mass is 871 g/mol. The molecule has 3 aromatic carbocycles. The van der Waals surface area contributed by atoms with Crippen molar-refractivity contribution in [2.45, 2.75) is 103 Å². The molecular weight excluding hydrogens is 813 g/mol. The zero-order chi connectivity index (χ0) is 44.0. The topological polar surface area (TPSA) is 162 Å². The second kappa shape index (κ2) is 19.1. The van der Waals surface area contributed by atoms with Gasteiger partial charge in [0.25, 0.3) is 20.2 Å². The number of nitrogens with zero attached hydrogens (tertiary/aromatic N) is 2. The first-order valence-electron chi connectivity index (χ1n) is 21.1. The zero-order valence-corrected chi connectivity index (χ0v) is 37.3. The summed E-state index contributed by atoms with van der Waals surface area (Å²) < 4.78 is 73.8. The number of carboxylic acids is 1. The van der Waals surface area contributed by atoms with Crippen LogP contribution in [0.3, 0.4) is 0 Å². The minimum absolute atomic E-state index is 0.0643. The first-order chi connectivity index (χ1) is 28.8. The van der Waals surface area contributed by atoms with Crippen LogP contribution in [0.4, 0.5) is 11.4 Å². The van der Waals surface area contributed by atoms with Crippen molar-refractivity contribution in [2.75, 3.05) is 29.5 Å². The molecule has 3 N–H and O–H groups in total. The van der Waals surface area contributed by atoms with E-state index in [4.69, 9.17) is 9.84 Å². The van der Waals surface area contributed by atoms with Crippen LogP contribution in [0.15, 0.2) is 120 Å². The average Bonchev–Trinajstić information content (AvgIpc) is 3.55. The summed E-state index contributed by atoms with van der Waals surface area (Å²) in [6.45, 7) is 10.3. The fourth-order valence-electron chi connectivity index (χ4n) is 8.85. The van der Waals surface area contributed by atoms with Crippen LogP contribution in [0, 0.1) is 0 Å². The molecule has 6 rings (SSSR count). The maximum absolute atomic E-state index is 11.5. The van der Waals surface area contributed by atoms with Gasteiger partial charge >= 0.3 is 5.97 Å². The molecule has 0 saturated heterocycles. The van der Waals surface area contributed by atoms with E-state index in [-0.39, 0.29) is 28.8 Å². The number of hydrogen-bond donors (Lipinski definition) is 3. The second-order valence-electron chi connectivity index (χ2n) is 17.2. The standard InChI is InChI=1S/C48H58N2O9S2/c1-47(2)39-16-5-7-18-41(39)49(30-9-11-32-60(53,54)55)43(47)27-25-37-14-13-15-38(46(37)59-34-36-22-20-35(21-23-36)24-29-45(51)52)26-28-44-48(3,4)40-17-6-8-19-42(40)50(44)31-10-12-33-61(56,57)58/h5-8,16-23,25-28H,9-15,24,29-34H2,1-4H3,(H2-,51,52,53,54,55,56,57,58)/p+1. The number of unbranched alkanes of at least 4 members (excludes halogenated alkanes) is 2. The third-order valence-corrected chi connectivity index (χ3v) is 13.7. The molecule has 0 fully saturated rings. The molecule has 0 unspecified atom stereocenters. The minimum Gasteiger partial charge on any atom is -0.488 e. The zero-order valence-electron chi connectivity index (χ0n) is 35.6. The highest BCUT2D eigenvalue weighted by Crippen LogP contribution is 2.48. The van der Waals surface area contributed by atoms with Gasteiger partial charge in [0.1, 0.15) is 18.9 Å². The van der Waals surface area contributed by atoms with Crippen molar-refractivity contribution in [2.24, 2.45) is 0 Å². The van der Waals surface area contributed by atoms with Crippen LogP contribution in [-0.4, -0.2) is 71.9 Å². The van der Waals surface area contributed by atoms with Gasteiger partial charge in [0, 0.05) is 53.9 Å². The van der Waals surface area contributed by atoms with Gasteiger partial charge in [-0.2, -0.15) is 21.4 Å². The van der Waals surface area contributed by atoms with E-state index in [0.717, 1.165) is 70.1 Å². The highest BCUT2D eigenvalue weighted by molar-refractivity contribution is 7.86. The molecule has 3 aliphatic rings. The Morgan fingerprint density at radius 2 is 1.41 bits per heavy atom. The second-order valence-corrected chi connectivity index (χ2v) is 20.4. The molecule has 1 aliphatic carbocycles. The lowest BCUT2D eigenvalue weighted by Gasteiger charge is -2.27. The van der Waals surface area contributed by atoms with E-state index < -0.39 is 26.2 Å². The molecule has 0 atom stereocenters. The number of fused-ring (bicyclic) bond motifs is 2. The summed E-state index contributed by atoms with van der Waals surface area (Å²) in [6, 6.07) is 24.4. The van der Waals surface area contributed by atoms with E-state index in [1.807, 2.05) is 48.5 Å². The largest absolute Gasteiger partial charge is 0.488 e. The molecule has 0 bridgehead atoms. The van der Waals surface area contributed by atoms with Gasteiger partial charge < -0.3 is 14.7 Å². The smallest absolute Gasteiger partial charge is 0.303 e. The van der Waals surface area contributed by atoms with Crippen LogP contribution in [0.1, 0.15) is 101 Å². The lowest BCUT2D eigenvalue weighted by molar-refractivity contribution is -0.438. The lowest BCUT2D eigenvalue weighted by atomic mass is 9.81. The van der Waals surface area contributed by atoms with Crippen molar-refractivity contribution in [1.29, 1.82) is 0 Å². The maximum Gasteiger partial charge on any atom is 0.303 e. The number of aliphatic carboxylic acids is 1. The fourth-order valence-corrected chi connectivity index (χ4v) is 9.98. The van der Waals surface area contributed by atoms with Crippen LogP contribution in [0.5, 0.6) is 0 Å². The Kier molecular flexibility index (Phi) is 14.3. The molecule has 2 aliphatic heterocycles. The SMILES string of the molecule is CC1(C)C(=CC=C2CCCC(C=CC3=[N+](CCCCS(=O)(=O)O)c4ccccc4C3(C)C)=C2OCc2ccc(CCC(=O)O)cc2)N(CCCCS(=O)(=O)O)c2ccccc21. The van der Waals surface area contributed by atoms with Gasteiger partial charge in [-0.25, -0.2) is 0 Å².